The summed E-state index contributed by atoms with van der Waals surface area (Å²) in [4.78, 5) is 10.6. The highest BCUT2D eigenvalue weighted by atomic mass is 19.4. The summed E-state index contributed by atoms with van der Waals surface area (Å²) in [5.74, 6) is -1.25. The van der Waals surface area contributed by atoms with Crippen LogP contribution in [0.1, 0.15) is 10.5 Å². The van der Waals surface area contributed by atoms with Crippen LogP contribution >= 0.6 is 0 Å². The fraction of sp³-hybridized carbons (Fsp3) is 0.200. The number of halogens is 3. The average molecular weight is 179 g/mol. The number of aromatic amines is 1. The van der Waals surface area contributed by atoms with E-state index in [4.69, 9.17) is 0 Å². The molecule has 1 aromatic heterocycles. The molecule has 0 unspecified atom stereocenters. The minimum absolute atomic E-state index is 0.229. The second-order valence-corrected chi connectivity index (χ2v) is 1.92. The van der Waals surface area contributed by atoms with Crippen molar-refractivity contribution in [2.75, 3.05) is 0 Å². The maximum atomic E-state index is 11.5. The van der Waals surface area contributed by atoms with Crippen LogP contribution in [0.15, 0.2) is 12.3 Å². The second kappa shape index (κ2) is 2.84. The van der Waals surface area contributed by atoms with Crippen molar-refractivity contribution in [2.45, 2.75) is 6.30 Å². The highest BCUT2D eigenvalue weighted by Gasteiger charge is 2.30. The molecule has 1 aromatic rings. The van der Waals surface area contributed by atoms with E-state index in [9.17, 15) is 18.0 Å². The van der Waals surface area contributed by atoms with Crippen LogP contribution in [0.3, 0.4) is 0 Å². The molecule has 0 aliphatic heterocycles. The first-order valence-electron chi connectivity index (χ1n) is 2.87. The Morgan fingerprint density at radius 1 is 1.58 bits per heavy atom. The van der Waals surface area contributed by atoms with Crippen molar-refractivity contribution in [3.8, 4) is 0 Å². The Hall–Kier alpha value is -1.53. The van der Waals surface area contributed by atoms with E-state index < -0.39 is 12.2 Å². The molecule has 12 heavy (non-hydrogen) atoms. The van der Waals surface area contributed by atoms with E-state index in [1.54, 1.807) is 0 Å². The van der Waals surface area contributed by atoms with E-state index in [1.165, 1.54) is 6.20 Å². The molecule has 4 nitrogen and oxygen atoms in total. The van der Waals surface area contributed by atoms with Gasteiger partial charge >= 0.3 is 6.30 Å². The fourth-order valence-electron chi connectivity index (χ4n) is 0.578. The number of alkyl halides is 3. The topological polar surface area (TPSA) is 57.8 Å². The molecule has 1 rings (SSSR count). The molecule has 2 N–H and O–H groups in total. The number of hydrogen-bond donors (Lipinski definition) is 2. The lowest BCUT2D eigenvalue weighted by atomic mass is 10.4. The first kappa shape index (κ1) is 8.57. The predicted octanol–water partition coefficient (Wildman–Crippen LogP) is 0.659. The van der Waals surface area contributed by atoms with Crippen molar-refractivity contribution in [1.82, 2.24) is 15.5 Å². The standard InChI is InChI=1S/C5H4F3N3O/c6-5(7,8)10-4(12)3-1-2-9-11-3/h1-2H,(H,9,11)(H,10,12). The minimum atomic E-state index is -4.71. The molecule has 0 aliphatic rings. The van der Waals surface area contributed by atoms with Crippen LogP contribution in [0.5, 0.6) is 0 Å². The Morgan fingerprint density at radius 2 is 2.25 bits per heavy atom. The van der Waals surface area contributed by atoms with Gasteiger partial charge in [-0.05, 0) is 6.07 Å². The van der Waals surface area contributed by atoms with Gasteiger partial charge in [-0.15, -0.1) is 0 Å². The average Bonchev–Trinajstić information content (AvgIpc) is 2.32. The van der Waals surface area contributed by atoms with Gasteiger partial charge in [0.2, 0.25) is 0 Å². The maximum Gasteiger partial charge on any atom is 0.484 e. The molecule has 0 atom stereocenters. The molecule has 0 aliphatic carbocycles. The van der Waals surface area contributed by atoms with Crippen LogP contribution in [0.2, 0.25) is 0 Å². The van der Waals surface area contributed by atoms with Gasteiger partial charge in [-0.25, -0.2) is 0 Å². The Balaban J connectivity index is 2.63. The number of carbonyl (C=O) groups is 1. The number of carbonyl (C=O) groups excluding carboxylic acids is 1. The van der Waals surface area contributed by atoms with Crippen molar-refractivity contribution in [1.29, 1.82) is 0 Å². The van der Waals surface area contributed by atoms with Crippen molar-refractivity contribution in [3.63, 3.8) is 0 Å². The van der Waals surface area contributed by atoms with Gasteiger partial charge in [0, 0.05) is 6.20 Å². The molecule has 0 radical (unpaired) electrons. The summed E-state index contributed by atoms with van der Waals surface area (Å²) in [6.07, 6.45) is -3.52. The monoisotopic (exact) mass is 179 g/mol. The highest BCUT2D eigenvalue weighted by Crippen LogP contribution is 2.10. The van der Waals surface area contributed by atoms with Crippen molar-refractivity contribution in [3.05, 3.63) is 18.0 Å². The summed E-state index contributed by atoms with van der Waals surface area (Å²) in [6, 6.07) is 1.14. The number of nitrogens with zero attached hydrogens (tertiary/aromatic N) is 1. The summed E-state index contributed by atoms with van der Waals surface area (Å²) in [5, 5.41) is 6.23. The lowest BCUT2D eigenvalue weighted by Gasteiger charge is -2.05. The smallest absolute Gasteiger partial charge is 0.273 e. The third kappa shape index (κ3) is 2.26. The molecule has 0 saturated heterocycles. The quantitative estimate of drug-likeness (QED) is 0.622. The Morgan fingerprint density at radius 3 is 2.67 bits per heavy atom. The van der Waals surface area contributed by atoms with Crippen molar-refractivity contribution >= 4 is 5.91 Å². The largest absolute Gasteiger partial charge is 0.484 e. The third-order valence-electron chi connectivity index (χ3n) is 1.00. The molecule has 7 heteroatoms. The lowest BCUT2D eigenvalue weighted by Crippen LogP contribution is -2.37. The molecule has 0 bridgehead atoms. The van der Waals surface area contributed by atoms with Crippen molar-refractivity contribution < 1.29 is 18.0 Å². The van der Waals surface area contributed by atoms with Gasteiger partial charge in [0.15, 0.2) is 0 Å². The summed E-state index contributed by atoms with van der Waals surface area (Å²) in [5.41, 5.74) is -0.229. The van der Waals surface area contributed by atoms with E-state index in [-0.39, 0.29) is 5.69 Å². The molecule has 0 saturated carbocycles. The van der Waals surface area contributed by atoms with Gasteiger partial charge in [0.25, 0.3) is 5.91 Å². The minimum Gasteiger partial charge on any atom is -0.273 e. The van der Waals surface area contributed by atoms with E-state index >= 15 is 0 Å². The third-order valence-corrected chi connectivity index (χ3v) is 1.00. The molecule has 0 aromatic carbocycles. The summed E-state index contributed by atoms with van der Waals surface area (Å²) in [6.45, 7) is 0. The molecular formula is C5H4F3N3O. The first-order valence-corrected chi connectivity index (χ1v) is 2.87. The van der Waals surface area contributed by atoms with Crippen LogP contribution in [-0.4, -0.2) is 22.4 Å². The van der Waals surface area contributed by atoms with Crippen molar-refractivity contribution in [2.24, 2.45) is 0 Å². The molecule has 0 spiro atoms. The zero-order valence-electron chi connectivity index (χ0n) is 5.64. The Labute approximate surface area is 64.8 Å². The molecule has 66 valence electrons. The predicted molar refractivity (Wildman–Crippen MR) is 32.1 cm³/mol. The van der Waals surface area contributed by atoms with Crippen LogP contribution in [0.25, 0.3) is 0 Å². The number of hydrogen-bond acceptors (Lipinski definition) is 2. The SMILES string of the molecule is O=C(NC(F)(F)F)c1ccn[nH]1. The molecule has 0 fully saturated rings. The van der Waals surface area contributed by atoms with Crippen LogP contribution < -0.4 is 5.32 Å². The van der Waals surface area contributed by atoms with E-state index in [0.29, 0.717) is 0 Å². The van der Waals surface area contributed by atoms with Crippen LogP contribution in [-0.2, 0) is 0 Å². The molecular weight excluding hydrogens is 175 g/mol. The highest BCUT2D eigenvalue weighted by molar-refractivity contribution is 5.92. The summed E-state index contributed by atoms with van der Waals surface area (Å²) in [7, 11) is 0. The van der Waals surface area contributed by atoms with Gasteiger partial charge in [0.1, 0.15) is 5.69 Å². The Bertz CT molecular complexity index is 266. The summed E-state index contributed by atoms with van der Waals surface area (Å²) < 4.78 is 34.6. The Kier molecular flexibility index (Phi) is 2.03. The summed E-state index contributed by atoms with van der Waals surface area (Å²) >= 11 is 0. The van der Waals surface area contributed by atoms with Gasteiger partial charge in [-0.3, -0.25) is 15.2 Å². The van der Waals surface area contributed by atoms with Crippen LogP contribution in [0, 0.1) is 0 Å². The van der Waals surface area contributed by atoms with Gasteiger partial charge < -0.3 is 0 Å². The number of rotatable bonds is 1. The number of amides is 1. The van der Waals surface area contributed by atoms with Gasteiger partial charge in [0.05, 0.1) is 0 Å². The van der Waals surface area contributed by atoms with Crippen LogP contribution in [0.4, 0.5) is 13.2 Å². The number of aromatic nitrogens is 2. The first-order chi connectivity index (χ1) is 5.49. The number of H-pyrrole nitrogens is 1. The lowest BCUT2D eigenvalue weighted by molar-refractivity contribution is -0.146. The van der Waals surface area contributed by atoms with E-state index in [2.05, 4.69) is 10.2 Å². The fourth-order valence-corrected chi connectivity index (χ4v) is 0.578. The molecule has 1 amide bonds. The zero-order chi connectivity index (χ0) is 9.19. The maximum absolute atomic E-state index is 11.5. The number of nitrogens with one attached hydrogen (secondary N) is 2. The molecule has 1 heterocycles. The second-order valence-electron chi connectivity index (χ2n) is 1.92. The normalized spacial score (nSPS) is 11.2. The van der Waals surface area contributed by atoms with Gasteiger partial charge in [-0.1, -0.05) is 0 Å². The zero-order valence-corrected chi connectivity index (χ0v) is 5.64. The van der Waals surface area contributed by atoms with Gasteiger partial charge in [-0.2, -0.15) is 18.3 Å². The van der Waals surface area contributed by atoms with E-state index in [1.807, 2.05) is 0 Å². The van der Waals surface area contributed by atoms with E-state index in [0.717, 1.165) is 11.4 Å².